The van der Waals surface area contributed by atoms with Gasteiger partial charge >= 0.3 is 12.4 Å². The summed E-state index contributed by atoms with van der Waals surface area (Å²) in [5.41, 5.74) is 1.92. The summed E-state index contributed by atoms with van der Waals surface area (Å²) in [6.07, 6.45) is -1.84. The molecule has 0 spiro atoms. The molecule has 2 aliphatic carbocycles. The average Bonchev–Trinajstić information content (AvgIpc) is 3.65. The number of amides is 2. The lowest BCUT2D eigenvalue weighted by atomic mass is 9.75. The Morgan fingerprint density at radius 3 is 1.45 bits per heavy atom. The first-order valence-electron chi connectivity index (χ1n) is 18.5. The highest BCUT2D eigenvalue weighted by atomic mass is 19.4. The molecule has 0 aromatic heterocycles. The predicted molar refractivity (Wildman–Crippen MR) is 202 cm³/mol. The maximum absolute atomic E-state index is 13.1. The van der Waals surface area contributed by atoms with Gasteiger partial charge < -0.3 is 25.8 Å². The number of benzene rings is 2. The molecule has 8 nitrogen and oxygen atoms in total. The highest BCUT2D eigenvalue weighted by molar-refractivity contribution is 6.01. The van der Waals surface area contributed by atoms with Crippen LogP contribution in [0.5, 0.6) is 11.5 Å². The summed E-state index contributed by atoms with van der Waals surface area (Å²) in [4.78, 5) is 37.4. The van der Waals surface area contributed by atoms with E-state index in [-0.39, 0.29) is 71.9 Å². The monoisotopic (exact) mass is 795 g/mol. The van der Waals surface area contributed by atoms with E-state index >= 15 is 0 Å². The third-order valence-electron chi connectivity index (χ3n) is 9.64. The number of ether oxygens (including phenoxy) is 2. The second-order valence-electron chi connectivity index (χ2n) is 17.0. The highest BCUT2D eigenvalue weighted by Gasteiger charge is 2.45. The van der Waals surface area contributed by atoms with Gasteiger partial charge in [-0.2, -0.15) is 26.3 Å². The van der Waals surface area contributed by atoms with E-state index in [1.54, 1.807) is 32.9 Å². The molecule has 0 bridgehead atoms. The number of nitrogens with two attached hydrogens (primary N) is 1. The normalized spacial score (nSPS) is 21.3. The zero-order valence-electron chi connectivity index (χ0n) is 33.7. The molecule has 4 N–H and O–H groups in total. The second-order valence-corrected chi connectivity index (χ2v) is 17.0. The van der Waals surface area contributed by atoms with E-state index in [0.29, 0.717) is 12.2 Å². The SMILES string of the molecule is CC(C)[C@]1(C(=O)NCc2cc(C(F)(F)F)ccc2OC(C)(C)C)C=CC(=O)C1.CC(C)[C@]1(C(=O)NCc2cc(C(F)(F)F)ccc2OC(C)(C)C)C=CC(N)C1. The Kier molecular flexibility index (Phi) is 14.0. The van der Waals surface area contributed by atoms with Crippen molar-refractivity contribution in [2.75, 3.05) is 0 Å². The third-order valence-corrected chi connectivity index (χ3v) is 9.64. The fourth-order valence-electron chi connectivity index (χ4n) is 6.47. The van der Waals surface area contributed by atoms with Crippen molar-refractivity contribution in [2.24, 2.45) is 28.4 Å². The minimum Gasteiger partial charge on any atom is -0.488 e. The topological polar surface area (TPSA) is 120 Å². The Morgan fingerprint density at radius 2 is 1.14 bits per heavy atom. The van der Waals surface area contributed by atoms with Gasteiger partial charge in [0, 0.05) is 36.7 Å². The Balaban J connectivity index is 0.000000300. The van der Waals surface area contributed by atoms with Crippen molar-refractivity contribution in [3.63, 3.8) is 0 Å². The first-order valence-corrected chi connectivity index (χ1v) is 18.5. The summed E-state index contributed by atoms with van der Waals surface area (Å²) >= 11 is 0. The molecule has 0 heterocycles. The molecule has 0 saturated heterocycles. The van der Waals surface area contributed by atoms with Crippen LogP contribution in [0.3, 0.4) is 0 Å². The minimum absolute atomic E-state index is 0.00380. The number of hydrogen-bond acceptors (Lipinski definition) is 6. The Hall–Kier alpha value is -4.33. The van der Waals surface area contributed by atoms with Crippen molar-refractivity contribution >= 4 is 17.6 Å². The molecule has 2 aliphatic rings. The molecule has 1 unspecified atom stereocenters. The number of nitrogens with one attached hydrogen (secondary N) is 2. The van der Waals surface area contributed by atoms with E-state index in [1.807, 2.05) is 54.5 Å². The van der Waals surface area contributed by atoms with Crippen LogP contribution in [0.1, 0.15) is 104 Å². The van der Waals surface area contributed by atoms with Crippen molar-refractivity contribution in [2.45, 2.75) is 125 Å². The van der Waals surface area contributed by atoms with Crippen molar-refractivity contribution in [1.82, 2.24) is 10.6 Å². The highest BCUT2D eigenvalue weighted by Crippen LogP contribution is 2.41. The first-order chi connectivity index (χ1) is 25.5. The van der Waals surface area contributed by atoms with Gasteiger partial charge in [0.05, 0.1) is 22.0 Å². The summed E-state index contributed by atoms with van der Waals surface area (Å²) < 4.78 is 90.3. The van der Waals surface area contributed by atoms with Crippen molar-refractivity contribution in [3.05, 3.63) is 83.0 Å². The molecule has 3 atom stereocenters. The maximum atomic E-state index is 13.1. The number of carbonyl (C=O) groups excluding carboxylic acids is 3. The van der Waals surface area contributed by atoms with Gasteiger partial charge in [0.2, 0.25) is 11.8 Å². The van der Waals surface area contributed by atoms with Gasteiger partial charge in [0.1, 0.15) is 22.7 Å². The van der Waals surface area contributed by atoms with E-state index in [0.717, 1.165) is 24.3 Å². The van der Waals surface area contributed by atoms with Crippen molar-refractivity contribution in [3.8, 4) is 11.5 Å². The largest absolute Gasteiger partial charge is 0.488 e. The molecule has 0 fully saturated rings. The number of alkyl halides is 6. The fourth-order valence-corrected chi connectivity index (χ4v) is 6.47. The van der Waals surface area contributed by atoms with Crippen LogP contribution in [-0.2, 0) is 39.8 Å². The molecule has 14 heteroatoms. The van der Waals surface area contributed by atoms with Gasteiger partial charge in [-0.1, -0.05) is 45.9 Å². The van der Waals surface area contributed by atoms with Crippen LogP contribution in [0.25, 0.3) is 0 Å². The predicted octanol–water partition coefficient (Wildman–Crippen LogP) is 9.10. The van der Waals surface area contributed by atoms with Crippen LogP contribution in [-0.4, -0.2) is 34.8 Å². The van der Waals surface area contributed by atoms with Gasteiger partial charge in [0.25, 0.3) is 0 Å². The Morgan fingerprint density at radius 1 is 0.732 bits per heavy atom. The van der Waals surface area contributed by atoms with Crippen molar-refractivity contribution < 1.29 is 50.2 Å². The lowest BCUT2D eigenvalue weighted by Gasteiger charge is -2.31. The minimum atomic E-state index is -4.50. The zero-order valence-corrected chi connectivity index (χ0v) is 33.7. The summed E-state index contributed by atoms with van der Waals surface area (Å²) in [6.45, 7) is 18.1. The molecule has 4 rings (SSSR count). The molecule has 2 aromatic carbocycles. The van der Waals surface area contributed by atoms with Gasteiger partial charge in [-0.25, -0.2) is 0 Å². The van der Waals surface area contributed by atoms with E-state index in [1.165, 1.54) is 18.2 Å². The second kappa shape index (κ2) is 17.0. The smallest absolute Gasteiger partial charge is 0.416 e. The summed E-state index contributed by atoms with van der Waals surface area (Å²) in [5.74, 6) is -0.309. The van der Waals surface area contributed by atoms with E-state index in [9.17, 15) is 40.7 Å². The first kappa shape index (κ1) is 46.1. The van der Waals surface area contributed by atoms with Crippen molar-refractivity contribution in [1.29, 1.82) is 0 Å². The molecular weight excluding hydrogens is 740 g/mol. The molecule has 0 radical (unpaired) electrons. The number of carbonyl (C=O) groups is 3. The number of allylic oxidation sites excluding steroid dienone is 1. The molecule has 0 aliphatic heterocycles. The fraction of sp³-hybridized carbons (Fsp3) is 0.548. The van der Waals surface area contributed by atoms with Crippen LogP contribution in [0.2, 0.25) is 0 Å². The van der Waals surface area contributed by atoms with E-state index in [2.05, 4.69) is 10.6 Å². The number of halogens is 6. The van der Waals surface area contributed by atoms with Crippen LogP contribution < -0.4 is 25.8 Å². The Labute approximate surface area is 325 Å². The van der Waals surface area contributed by atoms with Gasteiger partial charge in [-0.3, -0.25) is 14.4 Å². The summed E-state index contributed by atoms with van der Waals surface area (Å²) in [5, 5.41) is 5.49. The zero-order chi connectivity index (χ0) is 42.7. The maximum Gasteiger partial charge on any atom is 0.416 e. The third kappa shape index (κ3) is 11.8. The van der Waals surface area contributed by atoms with Crippen LogP contribution in [0.4, 0.5) is 26.3 Å². The number of rotatable bonds is 10. The van der Waals surface area contributed by atoms with Crippen LogP contribution in [0.15, 0.2) is 60.7 Å². The number of hydrogen-bond donors (Lipinski definition) is 3. The lowest BCUT2D eigenvalue weighted by molar-refractivity contribution is -0.138. The van der Waals surface area contributed by atoms with Gasteiger partial charge in [0.15, 0.2) is 5.78 Å². The summed E-state index contributed by atoms with van der Waals surface area (Å²) in [7, 11) is 0. The number of ketones is 1. The summed E-state index contributed by atoms with van der Waals surface area (Å²) in [6, 6.07) is 6.33. The van der Waals surface area contributed by atoms with Crippen LogP contribution in [0, 0.1) is 22.7 Å². The molecule has 2 amide bonds. The molecule has 56 heavy (non-hydrogen) atoms. The lowest BCUT2D eigenvalue weighted by Crippen LogP contribution is -2.43. The Bertz CT molecular complexity index is 1800. The average molecular weight is 796 g/mol. The molecule has 2 aromatic rings. The van der Waals surface area contributed by atoms with E-state index in [4.69, 9.17) is 15.2 Å². The van der Waals surface area contributed by atoms with Crippen LogP contribution >= 0.6 is 0 Å². The van der Waals surface area contributed by atoms with Gasteiger partial charge in [-0.05, 0) is 102 Å². The van der Waals surface area contributed by atoms with Gasteiger partial charge in [-0.15, -0.1) is 0 Å². The molecule has 310 valence electrons. The van der Waals surface area contributed by atoms with E-state index < -0.39 is 45.5 Å². The molecular formula is C42H55F6N3O5. The molecule has 0 saturated carbocycles. The standard InChI is InChI=1S/C21H29F3N2O2.C21H26F3NO3/c1-13(2)20(9-8-16(25)11-20)18(27)26-12-14-10-15(21(22,23)24)6-7-17(14)28-19(3,4)5;1-13(2)20(9-8-16(26)11-20)18(27)25-12-14-10-15(21(22,23)24)6-7-17(14)28-19(3,4)5/h6-10,13,16H,11-12,25H2,1-5H3,(H,26,27);6-10,13H,11-12H2,1-5H3,(H,25,27)/t16?,20-;20-/m00/s1. The quantitative estimate of drug-likeness (QED) is 0.163.